The Morgan fingerprint density at radius 2 is 1.46 bits per heavy atom. The summed E-state index contributed by atoms with van der Waals surface area (Å²) < 4.78 is 0. The zero-order valence-corrected chi connectivity index (χ0v) is 20.1. The van der Waals surface area contributed by atoms with Gasteiger partial charge in [0.1, 0.15) is 0 Å². The highest BCUT2D eigenvalue weighted by atomic mass is 16.2. The van der Waals surface area contributed by atoms with E-state index in [1.54, 1.807) is 48.5 Å². The minimum Gasteiger partial charge on any atom is -0.376 e. The molecule has 7 nitrogen and oxygen atoms in total. The van der Waals surface area contributed by atoms with Gasteiger partial charge in [0.05, 0.1) is 12.6 Å². The molecule has 1 atom stereocenters. The monoisotopic (exact) mass is 472 g/mol. The molecule has 3 rings (SSSR count). The van der Waals surface area contributed by atoms with E-state index in [0.717, 1.165) is 18.4 Å². The van der Waals surface area contributed by atoms with Crippen LogP contribution < -0.4 is 21.3 Å². The third-order valence-corrected chi connectivity index (χ3v) is 5.45. The summed E-state index contributed by atoms with van der Waals surface area (Å²) in [6.07, 6.45) is 1.92. The number of anilines is 2. The number of carbonyl (C=O) groups is 3. The number of amides is 3. The Morgan fingerprint density at radius 3 is 2.17 bits per heavy atom. The molecular weight excluding hydrogens is 440 g/mol. The molecule has 4 N–H and O–H groups in total. The first-order chi connectivity index (χ1) is 17.0. The van der Waals surface area contributed by atoms with Gasteiger partial charge < -0.3 is 21.3 Å². The van der Waals surface area contributed by atoms with Gasteiger partial charge in [-0.05, 0) is 55.3 Å². The fraction of sp³-hybridized carbons (Fsp3) is 0.250. The highest BCUT2D eigenvalue weighted by Crippen LogP contribution is 2.15. The second-order valence-corrected chi connectivity index (χ2v) is 8.28. The normalized spacial score (nSPS) is 11.3. The van der Waals surface area contributed by atoms with Crippen molar-refractivity contribution in [3.8, 4) is 0 Å². The summed E-state index contributed by atoms with van der Waals surface area (Å²) in [5, 5.41) is 11.7. The lowest BCUT2D eigenvalue weighted by atomic mass is 10.1. The molecule has 0 aliphatic rings. The van der Waals surface area contributed by atoms with E-state index in [4.69, 9.17) is 0 Å². The van der Waals surface area contributed by atoms with Crippen molar-refractivity contribution in [2.24, 2.45) is 0 Å². The second kappa shape index (κ2) is 12.9. The molecule has 0 aromatic heterocycles. The minimum absolute atomic E-state index is 0.0123. The zero-order chi connectivity index (χ0) is 25.0. The highest BCUT2D eigenvalue weighted by molar-refractivity contribution is 5.98. The van der Waals surface area contributed by atoms with Crippen LogP contribution >= 0.6 is 0 Å². The molecule has 0 heterocycles. The molecule has 3 aromatic carbocycles. The van der Waals surface area contributed by atoms with Gasteiger partial charge in [-0.15, -0.1) is 0 Å². The first-order valence-electron chi connectivity index (χ1n) is 11.8. The Balaban J connectivity index is 1.52. The average Bonchev–Trinajstić information content (AvgIpc) is 2.88. The molecule has 1 unspecified atom stereocenters. The fourth-order valence-corrected chi connectivity index (χ4v) is 3.48. The molecule has 0 aliphatic carbocycles. The Kier molecular flexibility index (Phi) is 9.42. The summed E-state index contributed by atoms with van der Waals surface area (Å²) in [6.45, 7) is 4.63. The van der Waals surface area contributed by atoms with E-state index in [0.29, 0.717) is 29.0 Å². The molecule has 0 spiro atoms. The van der Waals surface area contributed by atoms with Crippen molar-refractivity contribution in [2.75, 3.05) is 23.7 Å². The van der Waals surface area contributed by atoms with Crippen LogP contribution in [0.25, 0.3) is 0 Å². The molecule has 3 aromatic rings. The Hall–Kier alpha value is -4.13. The number of nitrogens with one attached hydrogen (secondary N) is 4. The lowest BCUT2D eigenvalue weighted by molar-refractivity contribution is -0.114. The largest absolute Gasteiger partial charge is 0.376 e. The van der Waals surface area contributed by atoms with E-state index in [2.05, 4.69) is 28.2 Å². The lowest BCUT2D eigenvalue weighted by Crippen LogP contribution is -2.27. The third kappa shape index (κ3) is 7.99. The summed E-state index contributed by atoms with van der Waals surface area (Å²) in [4.78, 5) is 37.4. The average molecular weight is 473 g/mol. The van der Waals surface area contributed by atoms with Gasteiger partial charge in [0.15, 0.2) is 0 Å². The Morgan fingerprint density at radius 1 is 0.800 bits per heavy atom. The zero-order valence-electron chi connectivity index (χ0n) is 20.1. The SMILES string of the molecule is CCCCNC(=O)c1cccc(NC(=O)CNc2cccc(C(=O)NC(C)c3ccccc3)c2)c1. The fourth-order valence-electron chi connectivity index (χ4n) is 3.48. The number of carbonyl (C=O) groups excluding carboxylic acids is 3. The summed E-state index contributed by atoms with van der Waals surface area (Å²) in [5.41, 5.74) is 3.22. The van der Waals surface area contributed by atoms with E-state index >= 15 is 0 Å². The first kappa shape index (κ1) is 25.5. The van der Waals surface area contributed by atoms with Gasteiger partial charge in [0, 0.05) is 29.0 Å². The standard InChI is InChI=1S/C28H32N4O3/c1-3-4-16-29-27(34)22-12-9-15-25(18-22)32-26(33)19-30-24-14-8-13-23(17-24)28(35)31-20(2)21-10-6-5-7-11-21/h5-15,17-18,20,30H,3-4,16,19H2,1-2H3,(H,29,34)(H,31,35)(H,32,33). The van der Waals surface area contributed by atoms with Crippen molar-refractivity contribution in [1.29, 1.82) is 0 Å². The van der Waals surface area contributed by atoms with E-state index in [9.17, 15) is 14.4 Å². The quantitative estimate of drug-likeness (QED) is 0.303. The van der Waals surface area contributed by atoms with Crippen molar-refractivity contribution in [3.05, 3.63) is 95.6 Å². The van der Waals surface area contributed by atoms with Crippen LogP contribution in [-0.4, -0.2) is 30.8 Å². The molecule has 0 saturated carbocycles. The smallest absolute Gasteiger partial charge is 0.251 e. The van der Waals surface area contributed by atoms with Gasteiger partial charge in [-0.3, -0.25) is 14.4 Å². The van der Waals surface area contributed by atoms with Crippen LogP contribution in [0.4, 0.5) is 11.4 Å². The number of unbranched alkanes of at least 4 members (excludes halogenated alkanes) is 1. The van der Waals surface area contributed by atoms with Crippen LogP contribution in [0.15, 0.2) is 78.9 Å². The summed E-state index contributed by atoms with van der Waals surface area (Å²) >= 11 is 0. The van der Waals surface area contributed by atoms with Gasteiger partial charge in [-0.1, -0.05) is 55.8 Å². The van der Waals surface area contributed by atoms with Gasteiger partial charge in [-0.25, -0.2) is 0 Å². The van der Waals surface area contributed by atoms with Gasteiger partial charge in [0.2, 0.25) is 5.91 Å². The van der Waals surface area contributed by atoms with E-state index in [-0.39, 0.29) is 30.3 Å². The number of benzene rings is 3. The van der Waals surface area contributed by atoms with Crippen LogP contribution in [0.3, 0.4) is 0 Å². The van der Waals surface area contributed by atoms with Gasteiger partial charge in [-0.2, -0.15) is 0 Å². The summed E-state index contributed by atoms with van der Waals surface area (Å²) in [5.74, 6) is -0.617. The number of hydrogen-bond donors (Lipinski definition) is 4. The van der Waals surface area contributed by atoms with Crippen LogP contribution in [0.2, 0.25) is 0 Å². The number of rotatable bonds is 11. The first-order valence-corrected chi connectivity index (χ1v) is 11.8. The highest BCUT2D eigenvalue weighted by Gasteiger charge is 2.12. The summed E-state index contributed by atoms with van der Waals surface area (Å²) in [7, 11) is 0. The topological polar surface area (TPSA) is 99.3 Å². The molecule has 35 heavy (non-hydrogen) atoms. The summed E-state index contributed by atoms with van der Waals surface area (Å²) in [6, 6.07) is 23.5. The van der Waals surface area contributed by atoms with E-state index in [1.807, 2.05) is 37.3 Å². The molecule has 0 aliphatic heterocycles. The van der Waals surface area contributed by atoms with Crippen LogP contribution in [-0.2, 0) is 4.79 Å². The van der Waals surface area contributed by atoms with Gasteiger partial charge >= 0.3 is 0 Å². The van der Waals surface area contributed by atoms with Gasteiger partial charge in [0.25, 0.3) is 11.8 Å². The maximum absolute atomic E-state index is 12.7. The lowest BCUT2D eigenvalue weighted by Gasteiger charge is -2.15. The molecule has 182 valence electrons. The molecule has 0 bridgehead atoms. The predicted octanol–water partition coefficient (Wildman–Crippen LogP) is 4.76. The van der Waals surface area contributed by atoms with E-state index < -0.39 is 0 Å². The maximum atomic E-state index is 12.7. The van der Waals surface area contributed by atoms with Crippen molar-refractivity contribution in [3.63, 3.8) is 0 Å². The van der Waals surface area contributed by atoms with Crippen molar-refractivity contribution < 1.29 is 14.4 Å². The van der Waals surface area contributed by atoms with Crippen LogP contribution in [0.5, 0.6) is 0 Å². The molecule has 0 fully saturated rings. The van der Waals surface area contributed by atoms with Crippen LogP contribution in [0, 0.1) is 0 Å². The Labute approximate surface area is 206 Å². The molecule has 0 radical (unpaired) electrons. The van der Waals surface area contributed by atoms with Crippen molar-refractivity contribution in [1.82, 2.24) is 10.6 Å². The van der Waals surface area contributed by atoms with Crippen molar-refractivity contribution >= 4 is 29.1 Å². The third-order valence-electron chi connectivity index (χ3n) is 5.45. The van der Waals surface area contributed by atoms with Crippen LogP contribution in [0.1, 0.15) is 59.0 Å². The molecule has 3 amide bonds. The molecule has 0 saturated heterocycles. The predicted molar refractivity (Wildman–Crippen MR) is 140 cm³/mol. The van der Waals surface area contributed by atoms with Crippen molar-refractivity contribution in [2.45, 2.75) is 32.7 Å². The maximum Gasteiger partial charge on any atom is 0.251 e. The minimum atomic E-state index is -0.263. The second-order valence-electron chi connectivity index (χ2n) is 8.28. The molecular formula is C28H32N4O3. The Bertz CT molecular complexity index is 1150. The molecule has 7 heteroatoms. The number of hydrogen-bond acceptors (Lipinski definition) is 4. The van der Waals surface area contributed by atoms with E-state index in [1.165, 1.54) is 0 Å².